The van der Waals surface area contributed by atoms with E-state index in [1.165, 1.54) is 0 Å². The minimum atomic E-state index is -3.51. The summed E-state index contributed by atoms with van der Waals surface area (Å²) >= 11 is 0. The van der Waals surface area contributed by atoms with E-state index in [9.17, 15) is 8.42 Å². The first-order chi connectivity index (χ1) is 14.1. The molecule has 3 heterocycles. The number of sulfonamides is 1. The predicted molar refractivity (Wildman–Crippen MR) is 114 cm³/mol. The third-order valence-electron chi connectivity index (χ3n) is 5.45. The molecule has 4 rings (SSSR count). The topological polar surface area (TPSA) is 80.1 Å². The average Bonchev–Trinajstić information content (AvgIpc) is 3.08. The number of rotatable bonds is 7. The molecule has 1 aliphatic heterocycles. The number of nitrogens with zero attached hydrogens (tertiary/aromatic N) is 4. The fourth-order valence-electron chi connectivity index (χ4n) is 3.85. The zero-order valence-electron chi connectivity index (χ0n) is 16.7. The Morgan fingerprint density at radius 2 is 1.86 bits per heavy atom. The van der Waals surface area contributed by atoms with Crippen LogP contribution >= 0.6 is 0 Å². The summed E-state index contributed by atoms with van der Waals surface area (Å²) in [5.74, 6) is 1.46. The zero-order chi connectivity index (χ0) is 20.3. The molecule has 154 valence electrons. The molecule has 0 bridgehead atoms. The van der Waals surface area contributed by atoms with E-state index in [2.05, 4.69) is 20.9 Å². The Hall–Kier alpha value is -2.45. The van der Waals surface area contributed by atoms with Crippen LogP contribution in [0.4, 0.5) is 5.82 Å². The van der Waals surface area contributed by atoms with Gasteiger partial charge in [0.2, 0.25) is 10.0 Å². The molecule has 1 aliphatic rings. The number of aryl methyl sites for hydroxylation is 2. The number of para-hydroxylation sites is 2. The Bertz CT molecular complexity index is 1090. The van der Waals surface area contributed by atoms with E-state index < -0.39 is 10.0 Å². The highest BCUT2D eigenvalue weighted by Crippen LogP contribution is 2.25. The number of piperidine rings is 1. The maximum Gasteiger partial charge on any atom is 0.246 e. The van der Waals surface area contributed by atoms with E-state index in [1.807, 2.05) is 25.2 Å². The Labute approximate surface area is 171 Å². The second-order valence-electron chi connectivity index (χ2n) is 7.42. The van der Waals surface area contributed by atoms with Crippen molar-refractivity contribution in [2.24, 2.45) is 7.05 Å². The van der Waals surface area contributed by atoms with E-state index in [4.69, 9.17) is 4.98 Å². The molecular weight excluding hydrogens is 386 g/mol. The molecule has 1 fully saturated rings. The molecule has 0 aliphatic carbocycles. The first-order valence-electron chi connectivity index (χ1n) is 10.2. The molecule has 8 heteroatoms. The summed E-state index contributed by atoms with van der Waals surface area (Å²) in [7, 11) is -1.49. The SMILES string of the molecule is Cn1c(CCCNc2ncccc2S(=O)(=O)N2CCCCC2)nc2ccccc21. The number of hydrogen-bond donors (Lipinski definition) is 1. The van der Waals surface area contributed by atoms with Crippen LogP contribution in [0.3, 0.4) is 0 Å². The molecule has 0 saturated carbocycles. The molecule has 1 aromatic carbocycles. The van der Waals surface area contributed by atoms with Gasteiger partial charge in [-0.2, -0.15) is 4.31 Å². The van der Waals surface area contributed by atoms with Crippen LogP contribution in [-0.2, 0) is 23.5 Å². The number of pyridine rings is 1. The summed E-state index contributed by atoms with van der Waals surface area (Å²) in [6.45, 7) is 1.80. The van der Waals surface area contributed by atoms with Crippen molar-refractivity contribution >= 4 is 26.9 Å². The lowest BCUT2D eigenvalue weighted by Crippen LogP contribution is -2.36. The first-order valence-corrected chi connectivity index (χ1v) is 11.6. The number of anilines is 1. The minimum absolute atomic E-state index is 0.268. The van der Waals surface area contributed by atoms with Crippen LogP contribution in [0.15, 0.2) is 47.5 Å². The van der Waals surface area contributed by atoms with Crippen molar-refractivity contribution < 1.29 is 8.42 Å². The Balaban J connectivity index is 1.42. The molecule has 0 amide bonds. The monoisotopic (exact) mass is 413 g/mol. The van der Waals surface area contributed by atoms with E-state index in [0.29, 0.717) is 25.5 Å². The number of nitrogens with one attached hydrogen (secondary N) is 1. The van der Waals surface area contributed by atoms with Gasteiger partial charge in [-0.3, -0.25) is 0 Å². The van der Waals surface area contributed by atoms with Crippen LogP contribution in [0, 0.1) is 0 Å². The molecule has 7 nitrogen and oxygen atoms in total. The smallest absolute Gasteiger partial charge is 0.246 e. The molecule has 0 unspecified atom stereocenters. The van der Waals surface area contributed by atoms with E-state index in [0.717, 1.165) is 49.0 Å². The zero-order valence-corrected chi connectivity index (χ0v) is 17.5. The highest BCUT2D eigenvalue weighted by atomic mass is 32.2. The lowest BCUT2D eigenvalue weighted by Gasteiger charge is -2.26. The van der Waals surface area contributed by atoms with Crippen LogP contribution in [0.1, 0.15) is 31.5 Å². The van der Waals surface area contributed by atoms with Crippen molar-refractivity contribution in [3.8, 4) is 0 Å². The standard InChI is InChI=1S/C21H27N5O2S/c1-25-18-10-4-3-9-17(18)24-20(25)12-8-14-23-21-19(11-7-13-22-21)29(27,28)26-15-5-2-6-16-26/h3-4,7,9-11,13H,2,5-6,8,12,14-16H2,1H3,(H,22,23). The van der Waals surface area contributed by atoms with Crippen molar-refractivity contribution in [3.63, 3.8) is 0 Å². The summed E-state index contributed by atoms with van der Waals surface area (Å²) in [6.07, 6.45) is 6.19. The van der Waals surface area contributed by atoms with E-state index in [1.54, 1.807) is 22.6 Å². The average molecular weight is 414 g/mol. The number of benzene rings is 1. The fourth-order valence-corrected chi connectivity index (χ4v) is 5.48. The Morgan fingerprint density at radius 1 is 1.07 bits per heavy atom. The normalized spacial score (nSPS) is 15.6. The molecule has 0 radical (unpaired) electrons. The van der Waals surface area contributed by atoms with Gasteiger partial charge in [-0.05, 0) is 43.5 Å². The van der Waals surface area contributed by atoms with Crippen molar-refractivity contribution in [2.75, 3.05) is 25.0 Å². The van der Waals surface area contributed by atoms with Gasteiger partial charge in [-0.15, -0.1) is 0 Å². The third-order valence-corrected chi connectivity index (χ3v) is 7.38. The van der Waals surface area contributed by atoms with Crippen molar-refractivity contribution in [3.05, 3.63) is 48.4 Å². The molecule has 2 aromatic heterocycles. The van der Waals surface area contributed by atoms with Crippen molar-refractivity contribution in [2.45, 2.75) is 37.0 Å². The second-order valence-corrected chi connectivity index (χ2v) is 9.33. The van der Waals surface area contributed by atoms with Gasteiger partial charge in [-0.1, -0.05) is 18.6 Å². The van der Waals surface area contributed by atoms with Crippen LogP contribution in [0.25, 0.3) is 11.0 Å². The molecule has 1 saturated heterocycles. The molecule has 29 heavy (non-hydrogen) atoms. The molecule has 0 atom stereocenters. The molecule has 3 aromatic rings. The maximum absolute atomic E-state index is 13.0. The minimum Gasteiger partial charge on any atom is -0.369 e. The summed E-state index contributed by atoms with van der Waals surface area (Å²) in [5, 5.41) is 3.23. The first kappa shape index (κ1) is 19.8. The van der Waals surface area contributed by atoms with Crippen molar-refractivity contribution in [1.82, 2.24) is 18.8 Å². The lowest BCUT2D eigenvalue weighted by molar-refractivity contribution is 0.346. The summed E-state index contributed by atoms with van der Waals surface area (Å²) in [4.78, 5) is 9.26. The van der Waals surface area contributed by atoms with Crippen LogP contribution in [0.2, 0.25) is 0 Å². The Morgan fingerprint density at radius 3 is 2.66 bits per heavy atom. The van der Waals surface area contributed by atoms with Gasteiger partial charge < -0.3 is 9.88 Å². The van der Waals surface area contributed by atoms with Crippen molar-refractivity contribution in [1.29, 1.82) is 0 Å². The largest absolute Gasteiger partial charge is 0.369 e. The number of hydrogen-bond acceptors (Lipinski definition) is 5. The summed E-state index contributed by atoms with van der Waals surface area (Å²) < 4.78 is 29.8. The van der Waals surface area contributed by atoms with E-state index >= 15 is 0 Å². The van der Waals surface area contributed by atoms with E-state index in [-0.39, 0.29) is 4.90 Å². The quantitative estimate of drug-likeness (QED) is 0.602. The number of aromatic nitrogens is 3. The number of imidazole rings is 1. The molecular formula is C21H27N5O2S. The fraction of sp³-hybridized carbons (Fsp3) is 0.429. The van der Waals surface area contributed by atoms with Gasteiger partial charge in [-0.25, -0.2) is 18.4 Å². The van der Waals surface area contributed by atoms with Gasteiger partial charge in [0, 0.05) is 39.3 Å². The lowest BCUT2D eigenvalue weighted by atomic mass is 10.2. The molecule has 1 N–H and O–H groups in total. The second kappa shape index (κ2) is 8.51. The van der Waals surface area contributed by atoms with Gasteiger partial charge >= 0.3 is 0 Å². The highest BCUT2D eigenvalue weighted by molar-refractivity contribution is 7.89. The van der Waals surface area contributed by atoms with Gasteiger partial charge in [0.1, 0.15) is 16.5 Å². The predicted octanol–water partition coefficient (Wildman–Crippen LogP) is 3.19. The maximum atomic E-state index is 13.0. The Kier molecular flexibility index (Phi) is 5.82. The summed E-state index contributed by atoms with van der Waals surface area (Å²) in [6, 6.07) is 11.4. The van der Waals surface area contributed by atoms with Gasteiger partial charge in [0.05, 0.1) is 11.0 Å². The highest BCUT2D eigenvalue weighted by Gasteiger charge is 2.28. The molecule has 0 spiro atoms. The van der Waals surface area contributed by atoms with Crippen LogP contribution < -0.4 is 5.32 Å². The van der Waals surface area contributed by atoms with Gasteiger partial charge in [0.15, 0.2) is 0 Å². The third kappa shape index (κ3) is 4.13. The van der Waals surface area contributed by atoms with Crippen LogP contribution in [-0.4, -0.2) is 46.9 Å². The van der Waals surface area contributed by atoms with Gasteiger partial charge in [0.25, 0.3) is 0 Å². The number of fused-ring (bicyclic) bond motifs is 1. The summed E-state index contributed by atoms with van der Waals surface area (Å²) in [5.41, 5.74) is 2.12. The van der Waals surface area contributed by atoms with Crippen LogP contribution in [0.5, 0.6) is 0 Å².